The van der Waals surface area contributed by atoms with E-state index in [1.165, 1.54) is 16.5 Å². The molecule has 0 unspecified atom stereocenters. The monoisotopic (exact) mass is 864 g/mol. The molecule has 3 heterocycles. The summed E-state index contributed by atoms with van der Waals surface area (Å²) in [4.78, 5) is 21.1. The second-order valence-electron chi connectivity index (χ2n) is 13.8. The maximum absolute atomic E-state index is 11.9. The van der Waals surface area contributed by atoms with Gasteiger partial charge in [0.25, 0.3) is 10.1 Å². The number of hydrogen-bond donors (Lipinski definition) is 3. The average Bonchev–Trinajstić information content (AvgIpc) is 3.86. The van der Waals surface area contributed by atoms with E-state index in [1.807, 2.05) is 42.5 Å². The standard InChI is InChI=1S/C43H32N10O7S2/c1-24-20-34(49-50-37-25(2)30(23-44)39-45-32-14-7-8-15-35(32)53(39)41(37)54)36(60-18-9-19-62(57,58)59)22-33(24)48-52-43-46-38(28-17-16-26-10-3-4-11-27(26)21-28)40(61-43)51-47-31-13-6-5-12-29(31)42(55)56/h3-8,10-17,20-22,54H,9,18-19H2,1-2H3,(H,55,56)(H,57,58,59). The van der Waals surface area contributed by atoms with Crippen molar-refractivity contribution in [3.63, 3.8) is 0 Å². The van der Waals surface area contributed by atoms with Crippen LogP contribution in [0.5, 0.6) is 11.6 Å². The molecule has 0 aliphatic heterocycles. The van der Waals surface area contributed by atoms with E-state index in [1.54, 1.807) is 62.4 Å². The van der Waals surface area contributed by atoms with E-state index in [-0.39, 0.29) is 63.6 Å². The number of thiazole rings is 1. The predicted octanol–water partition coefficient (Wildman–Crippen LogP) is 11.6. The molecule has 0 aliphatic rings. The fraction of sp³-hybridized carbons (Fsp3) is 0.116. The molecule has 0 radical (unpaired) electrons. The number of carboxylic acid groups (broad SMARTS) is 1. The van der Waals surface area contributed by atoms with Crippen LogP contribution in [0.1, 0.15) is 33.5 Å². The second kappa shape index (κ2) is 17.1. The highest BCUT2D eigenvalue weighted by molar-refractivity contribution is 7.85. The summed E-state index contributed by atoms with van der Waals surface area (Å²) in [7, 11) is -4.26. The molecule has 0 saturated carbocycles. The molecular weight excluding hydrogens is 833 g/mol. The lowest BCUT2D eigenvalue weighted by molar-refractivity contribution is 0.0697. The molecule has 3 N–H and O–H groups in total. The Morgan fingerprint density at radius 3 is 2.35 bits per heavy atom. The SMILES string of the molecule is Cc1cc(N=Nc2c(C)c(C#N)c3nc4ccccc4n3c2O)c(OCCCS(=O)(=O)O)cc1N=Nc1nc(-c2ccc3ccccc3c2)c(N=Nc2ccccc2C(=O)O)s1. The van der Waals surface area contributed by atoms with Gasteiger partial charge in [0, 0.05) is 17.2 Å². The van der Waals surface area contributed by atoms with Crippen LogP contribution in [-0.4, -0.2) is 55.9 Å². The van der Waals surface area contributed by atoms with Crippen molar-refractivity contribution >= 4 is 87.8 Å². The number of carboxylic acids is 1. The smallest absolute Gasteiger partial charge is 0.337 e. The Morgan fingerprint density at radius 2 is 1.56 bits per heavy atom. The molecule has 8 aromatic rings. The van der Waals surface area contributed by atoms with Crippen molar-refractivity contribution < 1.29 is 32.7 Å². The van der Waals surface area contributed by atoms with Gasteiger partial charge >= 0.3 is 5.97 Å². The highest BCUT2D eigenvalue weighted by atomic mass is 32.2. The van der Waals surface area contributed by atoms with Gasteiger partial charge in [-0.15, -0.1) is 30.7 Å². The molecule has 0 fully saturated rings. The number of pyridine rings is 1. The van der Waals surface area contributed by atoms with E-state index in [0.29, 0.717) is 38.5 Å². The molecule has 0 atom stereocenters. The first-order valence-electron chi connectivity index (χ1n) is 18.7. The molecular formula is C43H32N10O7S2. The average molecular weight is 865 g/mol. The number of rotatable bonds is 13. The van der Waals surface area contributed by atoms with Crippen molar-refractivity contribution in [1.82, 2.24) is 14.4 Å². The summed E-state index contributed by atoms with van der Waals surface area (Å²) >= 11 is 1.08. The fourth-order valence-electron chi connectivity index (χ4n) is 6.59. The molecule has 3 aromatic heterocycles. The minimum atomic E-state index is -4.26. The lowest BCUT2D eigenvalue weighted by Crippen LogP contribution is -2.08. The van der Waals surface area contributed by atoms with Crippen molar-refractivity contribution in [2.45, 2.75) is 20.3 Å². The molecule has 308 valence electrons. The minimum Gasteiger partial charge on any atom is -0.493 e. The number of nitriles is 1. The number of imidazole rings is 1. The highest BCUT2D eigenvalue weighted by Crippen LogP contribution is 2.44. The lowest BCUT2D eigenvalue weighted by atomic mass is 10.1. The van der Waals surface area contributed by atoms with Gasteiger partial charge in [-0.05, 0) is 73.0 Å². The zero-order valence-electron chi connectivity index (χ0n) is 32.7. The van der Waals surface area contributed by atoms with E-state index in [0.717, 1.165) is 27.7 Å². The summed E-state index contributed by atoms with van der Waals surface area (Å²) in [5, 5.41) is 60.2. The summed E-state index contributed by atoms with van der Waals surface area (Å²) in [5.74, 6) is -1.86. The fourth-order valence-corrected chi connectivity index (χ4v) is 7.80. The zero-order chi connectivity index (χ0) is 43.5. The number of carbonyl (C=O) groups is 1. The Morgan fingerprint density at radius 1 is 0.839 bits per heavy atom. The maximum atomic E-state index is 11.9. The van der Waals surface area contributed by atoms with Gasteiger partial charge in [-0.1, -0.05) is 72.0 Å². The Hall–Kier alpha value is -7.79. The summed E-state index contributed by atoms with van der Waals surface area (Å²) in [6, 6.07) is 32.3. The Labute approximate surface area is 356 Å². The largest absolute Gasteiger partial charge is 0.493 e. The van der Waals surface area contributed by atoms with Crippen LogP contribution in [-0.2, 0) is 10.1 Å². The molecule has 0 spiro atoms. The summed E-state index contributed by atoms with van der Waals surface area (Å²) < 4.78 is 39.5. The topological polar surface area (TPSA) is 249 Å². The second-order valence-corrected chi connectivity index (χ2v) is 16.3. The third kappa shape index (κ3) is 8.46. The van der Waals surface area contributed by atoms with E-state index < -0.39 is 21.8 Å². The molecule has 8 rings (SSSR count). The van der Waals surface area contributed by atoms with E-state index in [9.17, 15) is 33.2 Å². The molecule has 0 aliphatic carbocycles. The number of hydrogen-bond acceptors (Lipinski definition) is 15. The lowest BCUT2D eigenvalue weighted by Gasteiger charge is -2.11. The van der Waals surface area contributed by atoms with Crippen LogP contribution in [0.25, 0.3) is 38.7 Å². The minimum absolute atomic E-state index is 0.0151. The van der Waals surface area contributed by atoms with Crippen molar-refractivity contribution in [1.29, 1.82) is 5.26 Å². The number of benzene rings is 5. The van der Waals surface area contributed by atoms with Crippen molar-refractivity contribution in [3.05, 3.63) is 125 Å². The number of aromatic hydroxyl groups is 1. The molecule has 62 heavy (non-hydrogen) atoms. The van der Waals surface area contributed by atoms with Gasteiger partial charge in [-0.2, -0.15) is 13.7 Å². The number of fused-ring (bicyclic) bond motifs is 4. The Bertz CT molecular complexity index is 3340. The van der Waals surface area contributed by atoms with Gasteiger partial charge in [0.15, 0.2) is 16.3 Å². The zero-order valence-corrected chi connectivity index (χ0v) is 34.3. The van der Waals surface area contributed by atoms with Gasteiger partial charge in [-0.3, -0.25) is 8.95 Å². The first-order valence-corrected chi connectivity index (χ1v) is 21.1. The van der Waals surface area contributed by atoms with Crippen LogP contribution in [0.4, 0.5) is 32.9 Å². The van der Waals surface area contributed by atoms with Crippen molar-refractivity contribution in [3.8, 4) is 29.0 Å². The molecule has 5 aromatic carbocycles. The van der Waals surface area contributed by atoms with Gasteiger partial charge < -0.3 is 14.9 Å². The van der Waals surface area contributed by atoms with E-state index in [4.69, 9.17) is 9.72 Å². The van der Waals surface area contributed by atoms with Crippen LogP contribution in [0.3, 0.4) is 0 Å². The van der Waals surface area contributed by atoms with Crippen LogP contribution in [0.2, 0.25) is 0 Å². The Kier molecular flexibility index (Phi) is 11.3. The number of aryl methyl sites for hydroxylation is 1. The number of aromatic nitrogens is 3. The van der Waals surface area contributed by atoms with Crippen molar-refractivity contribution in [2.24, 2.45) is 30.7 Å². The molecule has 17 nitrogen and oxygen atoms in total. The third-order valence-electron chi connectivity index (χ3n) is 9.64. The van der Waals surface area contributed by atoms with E-state index in [2.05, 4.69) is 41.7 Å². The molecule has 0 bridgehead atoms. The van der Waals surface area contributed by atoms with Gasteiger partial charge in [-0.25, -0.2) is 14.8 Å². The quantitative estimate of drug-likeness (QED) is 0.0561. The van der Waals surface area contributed by atoms with Crippen LogP contribution in [0.15, 0.2) is 134 Å². The number of azo groups is 3. The van der Waals surface area contributed by atoms with Crippen LogP contribution < -0.4 is 4.74 Å². The van der Waals surface area contributed by atoms with E-state index >= 15 is 0 Å². The van der Waals surface area contributed by atoms with Crippen LogP contribution >= 0.6 is 11.3 Å². The summed E-state index contributed by atoms with van der Waals surface area (Å²) in [6.07, 6.45) is -0.0547. The first kappa shape index (κ1) is 41.0. The van der Waals surface area contributed by atoms with Crippen LogP contribution in [0, 0.1) is 25.2 Å². The number of ether oxygens (including phenoxy) is 1. The van der Waals surface area contributed by atoms with Gasteiger partial charge in [0.2, 0.25) is 11.0 Å². The third-order valence-corrected chi connectivity index (χ3v) is 11.3. The van der Waals surface area contributed by atoms with Gasteiger partial charge in [0.05, 0.1) is 34.6 Å². The number of nitrogens with zero attached hydrogens (tertiary/aromatic N) is 10. The van der Waals surface area contributed by atoms with Gasteiger partial charge in [0.1, 0.15) is 34.5 Å². The predicted molar refractivity (Wildman–Crippen MR) is 233 cm³/mol. The normalized spacial score (nSPS) is 12.1. The highest BCUT2D eigenvalue weighted by Gasteiger charge is 2.21. The summed E-state index contributed by atoms with van der Waals surface area (Å²) in [6.45, 7) is 3.23. The molecule has 19 heteroatoms. The Balaban J connectivity index is 1.18. The molecule has 0 saturated heterocycles. The number of aromatic carboxylic acids is 1. The maximum Gasteiger partial charge on any atom is 0.337 e. The first-order chi connectivity index (χ1) is 29.9. The molecule has 0 amide bonds. The number of para-hydroxylation sites is 2. The summed E-state index contributed by atoms with van der Waals surface area (Å²) in [5.41, 5.74) is 4.32. The van der Waals surface area contributed by atoms with Crippen molar-refractivity contribution in [2.75, 3.05) is 12.4 Å².